The molecule has 3 heteroatoms. The fraction of sp³-hybridized carbons (Fsp3) is 0.500. The molecule has 0 aromatic carbocycles. The number of rotatable bonds is 2. The van der Waals surface area contributed by atoms with E-state index in [4.69, 9.17) is 5.11 Å². The molecule has 0 aromatic rings. The third-order valence-corrected chi connectivity index (χ3v) is 0.981. The highest BCUT2D eigenvalue weighted by Crippen LogP contribution is 1.84. The summed E-state index contributed by atoms with van der Waals surface area (Å²) in [4.78, 5) is 9.85. The van der Waals surface area contributed by atoms with Crippen molar-refractivity contribution in [1.29, 1.82) is 0 Å². The summed E-state index contributed by atoms with van der Waals surface area (Å²) < 4.78 is 0. The summed E-state index contributed by atoms with van der Waals surface area (Å²) in [6.07, 6.45) is 0.667. The standard InChI is InChI=1S/C6H7BrO2/c7-5-3-1-2-4-6(8)9/h3-5H2,(H,8,9). The number of hydrogen-bond acceptors (Lipinski definition) is 1. The highest BCUT2D eigenvalue weighted by molar-refractivity contribution is 9.09. The molecular formula is C6H7BrO2. The maximum Gasteiger partial charge on any atom is 0.315 e. The van der Waals surface area contributed by atoms with Crippen LogP contribution >= 0.6 is 15.9 Å². The second-order valence-electron chi connectivity index (χ2n) is 1.36. The minimum Gasteiger partial charge on any atom is -0.481 e. The highest BCUT2D eigenvalue weighted by Gasteiger charge is 1.86. The van der Waals surface area contributed by atoms with Gasteiger partial charge >= 0.3 is 5.97 Å². The molecular weight excluding hydrogens is 184 g/mol. The predicted molar refractivity (Wildman–Crippen MR) is 38.4 cm³/mol. The van der Waals surface area contributed by atoms with E-state index < -0.39 is 5.97 Å². The number of aliphatic carboxylic acids is 1. The fourth-order valence-corrected chi connectivity index (χ4v) is 0.472. The molecule has 0 atom stereocenters. The van der Waals surface area contributed by atoms with Crippen LogP contribution in [0.5, 0.6) is 0 Å². The molecule has 0 rings (SSSR count). The Labute approximate surface area is 62.4 Å². The van der Waals surface area contributed by atoms with Crippen molar-refractivity contribution in [3.05, 3.63) is 0 Å². The minimum atomic E-state index is -0.864. The van der Waals surface area contributed by atoms with Gasteiger partial charge in [0.05, 0.1) is 0 Å². The molecule has 0 amide bonds. The highest BCUT2D eigenvalue weighted by atomic mass is 79.9. The van der Waals surface area contributed by atoms with E-state index in [9.17, 15) is 4.79 Å². The second kappa shape index (κ2) is 5.64. The summed E-state index contributed by atoms with van der Waals surface area (Å²) in [6.45, 7) is 0. The molecule has 0 saturated carbocycles. The van der Waals surface area contributed by atoms with Gasteiger partial charge in [-0.15, -0.1) is 5.92 Å². The fourth-order valence-electron chi connectivity index (χ4n) is 0.274. The lowest BCUT2D eigenvalue weighted by Crippen LogP contribution is -1.89. The van der Waals surface area contributed by atoms with Crippen molar-refractivity contribution in [2.24, 2.45) is 0 Å². The van der Waals surface area contributed by atoms with E-state index in [1.807, 2.05) is 0 Å². The number of carbonyl (C=O) groups is 1. The van der Waals surface area contributed by atoms with E-state index in [2.05, 4.69) is 27.8 Å². The molecule has 0 unspecified atom stereocenters. The molecule has 2 nitrogen and oxygen atoms in total. The normalized spacial score (nSPS) is 7.67. The van der Waals surface area contributed by atoms with Crippen molar-refractivity contribution in [3.63, 3.8) is 0 Å². The number of halogens is 1. The van der Waals surface area contributed by atoms with Crippen molar-refractivity contribution < 1.29 is 9.90 Å². The molecule has 1 N–H and O–H groups in total. The van der Waals surface area contributed by atoms with Crippen LogP contribution in [0.4, 0.5) is 0 Å². The van der Waals surface area contributed by atoms with Crippen LogP contribution in [-0.2, 0) is 4.79 Å². The first-order valence-electron chi connectivity index (χ1n) is 2.51. The summed E-state index contributed by atoms with van der Waals surface area (Å²) in [7, 11) is 0. The van der Waals surface area contributed by atoms with Gasteiger partial charge in [-0.25, -0.2) is 0 Å². The number of hydrogen-bond donors (Lipinski definition) is 1. The zero-order valence-corrected chi connectivity index (χ0v) is 6.44. The lowest BCUT2D eigenvalue weighted by molar-refractivity contribution is -0.135. The average molecular weight is 191 g/mol. The first-order chi connectivity index (χ1) is 4.27. The largest absolute Gasteiger partial charge is 0.481 e. The lowest BCUT2D eigenvalue weighted by atomic mass is 10.4. The average Bonchev–Trinajstić information content (AvgIpc) is 1.80. The van der Waals surface area contributed by atoms with Gasteiger partial charge in [0.1, 0.15) is 6.42 Å². The summed E-state index contributed by atoms with van der Waals surface area (Å²) in [5, 5.41) is 8.90. The van der Waals surface area contributed by atoms with Gasteiger partial charge in [-0.2, -0.15) is 0 Å². The van der Waals surface area contributed by atoms with Crippen LogP contribution in [0.3, 0.4) is 0 Å². The molecule has 0 saturated heterocycles. The van der Waals surface area contributed by atoms with E-state index in [0.717, 1.165) is 5.33 Å². The molecule has 0 aliphatic carbocycles. The van der Waals surface area contributed by atoms with E-state index in [1.54, 1.807) is 0 Å². The Balaban J connectivity index is 3.26. The minimum absolute atomic E-state index is 0.0486. The summed E-state index contributed by atoms with van der Waals surface area (Å²) in [5.41, 5.74) is 0. The first-order valence-corrected chi connectivity index (χ1v) is 3.63. The monoisotopic (exact) mass is 190 g/mol. The number of carboxylic acid groups (broad SMARTS) is 1. The van der Waals surface area contributed by atoms with Gasteiger partial charge in [-0.1, -0.05) is 21.9 Å². The Kier molecular flexibility index (Phi) is 5.34. The molecule has 0 fully saturated rings. The molecule has 0 aliphatic heterocycles. The van der Waals surface area contributed by atoms with Gasteiger partial charge in [0, 0.05) is 11.8 Å². The molecule has 50 valence electrons. The molecule has 0 bridgehead atoms. The quantitative estimate of drug-likeness (QED) is 0.526. The lowest BCUT2D eigenvalue weighted by Gasteiger charge is -1.77. The Morgan fingerprint density at radius 1 is 1.56 bits per heavy atom. The van der Waals surface area contributed by atoms with Gasteiger partial charge in [-0.05, 0) is 0 Å². The zero-order chi connectivity index (χ0) is 7.11. The molecule has 0 aromatic heterocycles. The van der Waals surface area contributed by atoms with E-state index in [1.165, 1.54) is 0 Å². The van der Waals surface area contributed by atoms with Gasteiger partial charge in [0.25, 0.3) is 0 Å². The Hall–Kier alpha value is -0.490. The first kappa shape index (κ1) is 8.51. The van der Waals surface area contributed by atoms with Crippen molar-refractivity contribution >= 4 is 21.9 Å². The number of carboxylic acids is 1. The van der Waals surface area contributed by atoms with Crippen molar-refractivity contribution in [1.82, 2.24) is 0 Å². The third kappa shape index (κ3) is 7.51. The van der Waals surface area contributed by atoms with Gasteiger partial charge < -0.3 is 5.11 Å². The van der Waals surface area contributed by atoms with Crippen molar-refractivity contribution in [3.8, 4) is 11.8 Å². The van der Waals surface area contributed by atoms with Crippen molar-refractivity contribution in [2.45, 2.75) is 12.8 Å². The van der Waals surface area contributed by atoms with Gasteiger partial charge in [-0.3, -0.25) is 4.79 Å². The van der Waals surface area contributed by atoms with Crippen LogP contribution in [0.2, 0.25) is 0 Å². The summed E-state index contributed by atoms with van der Waals surface area (Å²) in [6, 6.07) is 0. The van der Waals surface area contributed by atoms with Gasteiger partial charge in [0.15, 0.2) is 0 Å². The van der Waals surface area contributed by atoms with Crippen LogP contribution in [0, 0.1) is 11.8 Å². The molecule has 0 heterocycles. The molecule has 9 heavy (non-hydrogen) atoms. The van der Waals surface area contributed by atoms with Crippen LogP contribution in [-0.4, -0.2) is 16.4 Å². The Morgan fingerprint density at radius 2 is 2.22 bits per heavy atom. The number of alkyl halides is 1. The van der Waals surface area contributed by atoms with Crippen LogP contribution in [0.1, 0.15) is 12.8 Å². The van der Waals surface area contributed by atoms with Crippen molar-refractivity contribution in [2.75, 3.05) is 5.33 Å². The van der Waals surface area contributed by atoms with Crippen LogP contribution in [0.25, 0.3) is 0 Å². The third-order valence-electron chi connectivity index (χ3n) is 0.584. The molecule has 0 aliphatic rings. The Morgan fingerprint density at radius 3 is 2.67 bits per heavy atom. The maximum atomic E-state index is 9.85. The van der Waals surface area contributed by atoms with E-state index in [0.29, 0.717) is 6.42 Å². The van der Waals surface area contributed by atoms with Crippen LogP contribution < -0.4 is 0 Å². The SMILES string of the molecule is O=C(O)CC#CCCBr. The van der Waals surface area contributed by atoms with E-state index >= 15 is 0 Å². The maximum absolute atomic E-state index is 9.85. The second-order valence-corrected chi connectivity index (χ2v) is 2.16. The summed E-state index contributed by atoms with van der Waals surface area (Å²) >= 11 is 3.17. The van der Waals surface area contributed by atoms with Crippen LogP contribution in [0.15, 0.2) is 0 Å². The smallest absolute Gasteiger partial charge is 0.315 e. The summed E-state index contributed by atoms with van der Waals surface area (Å²) in [5.74, 6) is 4.33. The Bertz CT molecular complexity index is 143. The molecule has 0 radical (unpaired) electrons. The predicted octanol–water partition coefficient (Wildman–Crippen LogP) is 1.25. The van der Waals surface area contributed by atoms with Gasteiger partial charge in [0.2, 0.25) is 0 Å². The zero-order valence-electron chi connectivity index (χ0n) is 4.85. The topological polar surface area (TPSA) is 37.3 Å². The van der Waals surface area contributed by atoms with E-state index in [-0.39, 0.29) is 6.42 Å². The molecule has 0 spiro atoms.